The average Bonchev–Trinajstić information content (AvgIpc) is 2.81. The highest BCUT2D eigenvalue weighted by molar-refractivity contribution is 6.06. The summed E-state index contributed by atoms with van der Waals surface area (Å²) in [5.41, 5.74) is 3.89. The lowest BCUT2D eigenvalue weighted by Gasteiger charge is -2.29. The van der Waals surface area contributed by atoms with E-state index in [1.165, 1.54) is 5.56 Å². The van der Waals surface area contributed by atoms with Gasteiger partial charge in [-0.3, -0.25) is 14.3 Å². The van der Waals surface area contributed by atoms with E-state index < -0.39 is 6.10 Å². The van der Waals surface area contributed by atoms with Gasteiger partial charge in [-0.2, -0.15) is 0 Å². The number of hydrogen-bond donors (Lipinski definition) is 1. The van der Waals surface area contributed by atoms with Crippen LogP contribution in [0.4, 0.5) is 0 Å². The third kappa shape index (κ3) is 3.62. The van der Waals surface area contributed by atoms with Crippen molar-refractivity contribution >= 4 is 21.7 Å². The SMILES string of the molecule is CCc1cc(Cc2cc3c(=O)n([C@H]4CCOC[C@@H]4O)cnc3c3ccccc23)ccn1. The van der Waals surface area contributed by atoms with Gasteiger partial charge in [0.15, 0.2) is 0 Å². The minimum atomic E-state index is -0.713. The summed E-state index contributed by atoms with van der Waals surface area (Å²) in [7, 11) is 0. The lowest BCUT2D eigenvalue weighted by Crippen LogP contribution is -2.39. The van der Waals surface area contributed by atoms with Gasteiger partial charge in [-0.25, -0.2) is 4.98 Å². The second-order valence-electron chi connectivity index (χ2n) is 8.12. The number of fused-ring (bicyclic) bond motifs is 3. The number of aliphatic hydroxyl groups is 1. The number of ether oxygens (including phenoxy) is 1. The van der Waals surface area contributed by atoms with Gasteiger partial charge in [0.1, 0.15) is 0 Å². The van der Waals surface area contributed by atoms with Gasteiger partial charge in [-0.15, -0.1) is 0 Å². The van der Waals surface area contributed by atoms with E-state index >= 15 is 0 Å². The molecule has 1 N–H and O–H groups in total. The zero-order chi connectivity index (χ0) is 21.4. The largest absolute Gasteiger partial charge is 0.389 e. The molecule has 1 saturated heterocycles. The molecule has 0 unspecified atom stereocenters. The van der Waals surface area contributed by atoms with Gasteiger partial charge in [-0.1, -0.05) is 31.2 Å². The molecule has 2 aromatic carbocycles. The van der Waals surface area contributed by atoms with Gasteiger partial charge in [0, 0.05) is 23.9 Å². The molecule has 158 valence electrons. The van der Waals surface area contributed by atoms with Crippen molar-refractivity contribution in [2.45, 2.75) is 38.3 Å². The fraction of sp³-hybridized carbons (Fsp3) is 0.320. The van der Waals surface area contributed by atoms with Crippen molar-refractivity contribution < 1.29 is 9.84 Å². The average molecular weight is 415 g/mol. The van der Waals surface area contributed by atoms with Crippen molar-refractivity contribution in [2.24, 2.45) is 0 Å². The maximum absolute atomic E-state index is 13.5. The quantitative estimate of drug-likeness (QED) is 0.517. The Morgan fingerprint density at radius 1 is 1.13 bits per heavy atom. The van der Waals surface area contributed by atoms with Crippen molar-refractivity contribution in [3.63, 3.8) is 0 Å². The number of nitrogens with zero attached hydrogens (tertiary/aromatic N) is 3. The van der Waals surface area contributed by atoms with Crippen LogP contribution in [0.1, 0.15) is 36.2 Å². The van der Waals surface area contributed by atoms with Crippen LogP contribution in [0, 0.1) is 0 Å². The van der Waals surface area contributed by atoms with E-state index in [4.69, 9.17) is 4.74 Å². The summed E-state index contributed by atoms with van der Waals surface area (Å²) in [4.78, 5) is 22.5. The molecule has 0 saturated carbocycles. The van der Waals surface area contributed by atoms with E-state index in [0.717, 1.165) is 28.5 Å². The second-order valence-corrected chi connectivity index (χ2v) is 8.12. The summed E-state index contributed by atoms with van der Waals surface area (Å²) < 4.78 is 6.91. The first-order valence-corrected chi connectivity index (χ1v) is 10.8. The predicted octanol–water partition coefficient (Wildman–Crippen LogP) is 3.42. The minimum absolute atomic E-state index is 0.119. The van der Waals surface area contributed by atoms with Crippen LogP contribution in [-0.2, 0) is 17.6 Å². The summed E-state index contributed by atoms with van der Waals surface area (Å²) >= 11 is 0. The zero-order valence-electron chi connectivity index (χ0n) is 17.5. The van der Waals surface area contributed by atoms with E-state index in [9.17, 15) is 9.90 Å². The number of aromatic nitrogens is 3. The van der Waals surface area contributed by atoms with E-state index in [0.29, 0.717) is 30.4 Å². The molecular weight excluding hydrogens is 390 g/mol. The fourth-order valence-corrected chi connectivity index (χ4v) is 4.52. The topological polar surface area (TPSA) is 77.2 Å². The second kappa shape index (κ2) is 8.21. The molecule has 1 fully saturated rings. The molecule has 0 bridgehead atoms. The van der Waals surface area contributed by atoms with Crippen LogP contribution in [0.2, 0.25) is 0 Å². The van der Waals surface area contributed by atoms with Crippen LogP contribution < -0.4 is 5.56 Å². The van der Waals surface area contributed by atoms with E-state index in [1.54, 1.807) is 10.9 Å². The Bertz CT molecular complexity index is 1310. The van der Waals surface area contributed by atoms with Crippen molar-refractivity contribution in [1.82, 2.24) is 14.5 Å². The molecule has 0 radical (unpaired) electrons. The summed E-state index contributed by atoms with van der Waals surface area (Å²) in [5, 5.41) is 13.0. The van der Waals surface area contributed by atoms with Gasteiger partial charge >= 0.3 is 0 Å². The number of aryl methyl sites for hydroxylation is 1. The molecule has 31 heavy (non-hydrogen) atoms. The van der Waals surface area contributed by atoms with Crippen LogP contribution in [0.5, 0.6) is 0 Å². The predicted molar refractivity (Wildman–Crippen MR) is 120 cm³/mol. The molecule has 0 spiro atoms. The molecule has 2 aromatic heterocycles. The molecule has 4 aromatic rings. The Hall–Kier alpha value is -3.09. The Morgan fingerprint density at radius 2 is 1.97 bits per heavy atom. The smallest absolute Gasteiger partial charge is 0.261 e. The Kier molecular flexibility index (Phi) is 5.26. The maximum Gasteiger partial charge on any atom is 0.261 e. The van der Waals surface area contributed by atoms with Crippen LogP contribution >= 0.6 is 0 Å². The van der Waals surface area contributed by atoms with Crippen molar-refractivity contribution in [3.8, 4) is 0 Å². The lowest BCUT2D eigenvalue weighted by molar-refractivity contribution is -0.0395. The van der Waals surface area contributed by atoms with E-state index in [2.05, 4.69) is 29.0 Å². The lowest BCUT2D eigenvalue weighted by atomic mass is 9.96. The van der Waals surface area contributed by atoms with Crippen molar-refractivity contribution in [3.05, 3.63) is 82.2 Å². The fourth-order valence-electron chi connectivity index (χ4n) is 4.52. The molecule has 0 aliphatic carbocycles. The van der Waals surface area contributed by atoms with Gasteiger partial charge in [0.2, 0.25) is 0 Å². The molecule has 5 rings (SSSR count). The molecule has 0 amide bonds. The van der Waals surface area contributed by atoms with Crippen molar-refractivity contribution in [1.29, 1.82) is 0 Å². The maximum atomic E-state index is 13.5. The Balaban J connectivity index is 1.69. The first kappa shape index (κ1) is 19.8. The van der Waals surface area contributed by atoms with E-state index in [-0.39, 0.29) is 18.2 Å². The van der Waals surface area contributed by atoms with Gasteiger partial charge in [0.05, 0.1) is 36.0 Å². The first-order chi connectivity index (χ1) is 15.2. The van der Waals surface area contributed by atoms with E-state index in [1.807, 2.05) is 36.5 Å². The van der Waals surface area contributed by atoms with Crippen molar-refractivity contribution in [2.75, 3.05) is 13.2 Å². The summed E-state index contributed by atoms with van der Waals surface area (Å²) in [6, 6.07) is 13.9. The monoisotopic (exact) mass is 415 g/mol. The molecular formula is C25H25N3O3. The molecule has 6 nitrogen and oxygen atoms in total. The van der Waals surface area contributed by atoms with Crippen LogP contribution in [-0.4, -0.2) is 39.0 Å². The number of hydrogen-bond acceptors (Lipinski definition) is 5. The number of pyridine rings is 1. The third-order valence-electron chi connectivity index (χ3n) is 6.16. The number of aliphatic hydroxyl groups excluding tert-OH is 1. The van der Waals surface area contributed by atoms with Gasteiger partial charge in [-0.05, 0) is 54.0 Å². The highest BCUT2D eigenvalue weighted by Gasteiger charge is 2.27. The highest BCUT2D eigenvalue weighted by Crippen LogP contribution is 2.28. The molecule has 6 heteroatoms. The van der Waals surface area contributed by atoms with Crippen LogP contribution in [0.15, 0.2) is 59.8 Å². The standard InChI is InChI=1S/C25H25N3O3/c1-2-18-12-16(7-9-26-18)11-17-13-21-24(20-6-4-3-5-19(17)20)27-15-28(25(21)30)22-8-10-31-14-23(22)29/h3-7,9,12-13,15,22-23,29H,2,8,10-11,14H2,1H3/t22-,23-/m0/s1. The van der Waals surface area contributed by atoms with Crippen LogP contribution in [0.25, 0.3) is 21.7 Å². The summed E-state index contributed by atoms with van der Waals surface area (Å²) in [5.74, 6) is 0. The Morgan fingerprint density at radius 3 is 2.77 bits per heavy atom. The normalized spacial score (nSPS) is 19.2. The molecule has 2 atom stereocenters. The van der Waals surface area contributed by atoms with Gasteiger partial charge < -0.3 is 9.84 Å². The Labute approximate surface area is 180 Å². The summed E-state index contributed by atoms with van der Waals surface area (Å²) in [6.45, 7) is 2.85. The molecule has 1 aliphatic heterocycles. The molecule has 1 aliphatic rings. The zero-order valence-corrected chi connectivity index (χ0v) is 17.5. The van der Waals surface area contributed by atoms with Gasteiger partial charge in [0.25, 0.3) is 5.56 Å². The minimum Gasteiger partial charge on any atom is -0.389 e. The third-order valence-corrected chi connectivity index (χ3v) is 6.16. The molecule has 3 heterocycles. The number of benzene rings is 2. The first-order valence-electron chi connectivity index (χ1n) is 10.8. The number of rotatable bonds is 4. The van der Waals surface area contributed by atoms with Crippen LogP contribution in [0.3, 0.4) is 0 Å². The summed E-state index contributed by atoms with van der Waals surface area (Å²) in [6.07, 6.45) is 4.89. The highest BCUT2D eigenvalue weighted by atomic mass is 16.5.